The van der Waals surface area contributed by atoms with Crippen molar-refractivity contribution in [2.45, 2.75) is 19.4 Å². The molecule has 156 valence electrons. The summed E-state index contributed by atoms with van der Waals surface area (Å²) < 4.78 is 29.8. The van der Waals surface area contributed by atoms with Gasteiger partial charge in [0.1, 0.15) is 19.0 Å². The zero-order chi connectivity index (χ0) is 21.3. The minimum absolute atomic E-state index is 0.352. The Labute approximate surface area is 179 Å². The molecule has 2 aliphatic heterocycles. The van der Waals surface area contributed by atoms with Crippen molar-refractivity contribution in [1.82, 2.24) is 5.32 Å². The first-order chi connectivity index (χ1) is 14.5. The minimum Gasteiger partial charge on any atom is -0.486 e. The molecule has 0 radical (unpaired) electrons. The highest BCUT2D eigenvalue weighted by molar-refractivity contribution is 7.80. The molecule has 1 atom stereocenters. The Bertz CT molecular complexity index is 1020. The highest BCUT2D eigenvalue weighted by Gasteiger charge is 2.36. The fourth-order valence-corrected chi connectivity index (χ4v) is 4.05. The number of methoxy groups -OCH3 is 1. The first kappa shape index (κ1) is 20.2. The van der Waals surface area contributed by atoms with Crippen molar-refractivity contribution in [3.05, 3.63) is 65.1 Å². The van der Waals surface area contributed by atoms with Crippen molar-refractivity contribution < 1.29 is 23.4 Å². The summed E-state index contributed by atoms with van der Waals surface area (Å²) in [7, 11) is 1.34. The van der Waals surface area contributed by atoms with Gasteiger partial charge in [0.2, 0.25) is 0 Å². The highest BCUT2D eigenvalue weighted by atomic mass is 32.1. The average Bonchev–Trinajstić information content (AvgIpc) is 2.78. The number of anilines is 1. The summed E-state index contributed by atoms with van der Waals surface area (Å²) in [5, 5.41) is 3.64. The maximum Gasteiger partial charge on any atom is 0.337 e. The second kappa shape index (κ2) is 8.31. The maximum absolute atomic E-state index is 13.4. The Hall–Kier alpha value is -3.13. The van der Waals surface area contributed by atoms with Gasteiger partial charge in [-0.05, 0) is 48.5 Å². The van der Waals surface area contributed by atoms with E-state index in [1.807, 2.05) is 25.1 Å². The van der Waals surface area contributed by atoms with Gasteiger partial charge in [-0.25, -0.2) is 9.18 Å². The smallest absolute Gasteiger partial charge is 0.337 e. The predicted octanol–water partition coefficient (Wildman–Crippen LogP) is 3.87. The summed E-state index contributed by atoms with van der Waals surface area (Å²) >= 11 is 5.67. The number of halogens is 1. The quantitative estimate of drug-likeness (QED) is 0.586. The molecule has 2 aromatic carbocycles. The lowest BCUT2D eigenvalue weighted by Crippen LogP contribution is -2.48. The van der Waals surface area contributed by atoms with Crippen LogP contribution in [0.4, 0.5) is 10.1 Å². The molecule has 2 heterocycles. The van der Waals surface area contributed by atoms with Crippen LogP contribution in [-0.4, -0.2) is 31.4 Å². The van der Waals surface area contributed by atoms with Gasteiger partial charge in [0.15, 0.2) is 16.6 Å². The zero-order valence-electron chi connectivity index (χ0n) is 16.6. The lowest BCUT2D eigenvalue weighted by atomic mass is 9.93. The van der Waals surface area contributed by atoms with Gasteiger partial charge in [-0.2, -0.15) is 0 Å². The van der Waals surface area contributed by atoms with Gasteiger partial charge in [-0.1, -0.05) is 19.1 Å². The molecule has 2 aliphatic rings. The number of nitrogens with one attached hydrogen (secondary N) is 1. The second-order valence-electron chi connectivity index (χ2n) is 6.80. The van der Waals surface area contributed by atoms with E-state index in [2.05, 4.69) is 5.32 Å². The lowest BCUT2D eigenvalue weighted by Gasteiger charge is -2.38. The number of rotatable bonds is 4. The molecule has 30 heavy (non-hydrogen) atoms. The van der Waals surface area contributed by atoms with Crippen LogP contribution in [0.15, 0.2) is 53.7 Å². The van der Waals surface area contributed by atoms with Crippen LogP contribution in [0.25, 0.3) is 0 Å². The zero-order valence-corrected chi connectivity index (χ0v) is 17.4. The molecule has 0 bridgehead atoms. The molecule has 6 nitrogen and oxygen atoms in total. The standard InChI is InChI=1S/C22H21FN2O4S/c1-3-16-19(21(26)27-2)20(13-4-6-14(23)7-5-13)24-22(30)25(16)15-8-9-17-18(12-15)29-11-10-28-17/h4-9,12,20H,3,10-11H2,1-2H3,(H,24,30)/t20-/m0/s1. The van der Waals surface area contributed by atoms with Gasteiger partial charge in [0, 0.05) is 11.8 Å². The highest BCUT2D eigenvalue weighted by Crippen LogP contribution is 2.39. The van der Waals surface area contributed by atoms with E-state index in [-0.39, 0.29) is 5.82 Å². The molecule has 0 saturated heterocycles. The van der Waals surface area contributed by atoms with E-state index < -0.39 is 12.0 Å². The summed E-state index contributed by atoms with van der Waals surface area (Å²) in [6.07, 6.45) is 0.526. The molecule has 0 aliphatic carbocycles. The number of hydrogen-bond acceptors (Lipinski definition) is 5. The monoisotopic (exact) mass is 428 g/mol. The van der Waals surface area contributed by atoms with E-state index in [0.717, 1.165) is 5.69 Å². The maximum atomic E-state index is 13.4. The van der Waals surface area contributed by atoms with Crippen molar-refractivity contribution in [2.75, 3.05) is 25.2 Å². The van der Waals surface area contributed by atoms with Crippen molar-refractivity contribution in [1.29, 1.82) is 0 Å². The van der Waals surface area contributed by atoms with Gasteiger partial charge in [0.05, 0.1) is 24.4 Å². The van der Waals surface area contributed by atoms with Crippen molar-refractivity contribution in [3.8, 4) is 11.5 Å². The number of fused-ring (bicyclic) bond motifs is 1. The molecular formula is C22H21FN2O4S. The number of allylic oxidation sites excluding steroid dienone is 1. The van der Waals surface area contributed by atoms with E-state index in [9.17, 15) is 9.18 Å². The third-order valence-electron chi connectivity index (χ3n) is 5.07. The first-order valence-electron chi connectivity index (χ1n) is 9.60. The number of carbonyl (C=O) groups is 1. The molecule has 0 amide bonds. The topological polar surface area (TPSA) is 60.0 Å². The van der Waals surface area contributed by atoms with Crippen LogP contribution in [0.2, 0.25) is 0 Å². The number of esters is 1. The molecule has 0 aromatic heterocycles. The van der Waals surface area contributed by atoms with Crippen LogP contribution < -0.4 is 19.7 Å². The third kappa shape index (κ3) is 3.59. The Morgan fingerprint density at radius 2 is 1.90 bits per heavy atom. The molecule has 1 N–H and O–H groups in total. The van der Waals surface area contributed by atoms with Gasteiger partial charge in [-0.3, -0.25) is 4.90 Å². The van der Waals surface area contributed by atoms with Crippen LogP contribution in [-0.2, 0) is 9.53 Å². The second-order valence-corrected chi connectivity index (χ2v) is 7.19. The normalized spacial score (nSPS) is 18.2. The van der Waals surface area contributed by atoms with Crippen LogP contribution in [0.5, 0.6) is 11.5 Å². The van der Waals surface area contributed by atoms with Crippen molar-refractivity contribution >= 4 is 29.0 Å². The first-order valence-corrected chi connectivity index (χ1v) is 10.0. The van der Waals surface area contributed by atoms with E-state index in [1.165, 1.54) is 19.2 Å². The summed E-state index contributed by atoms with van der Waals surface area (Å²) in [6.45, 7) is 2.91. The average molecular weight is 428 g/mol. The Kier molecular flexibility index (Phi) is 5.59. The van der Waals surface area contributed by atoms with Crippen LogP contribution in [0, 0.1) is 5.82 Å². The molecule has 4 rings (SSSR count). The van der Waals surface area contributed by atoms with E-state index in [4.69, 9.17) is 26.4 Å². The van der Waals surface area contributed by atoms with E-state index in [1.54, 1.807) is 17.0 Å². The van der Waals surface area contributed by atoms with Crippen LogP contribution >= 0.6 is 12.2 Å². The van der Waals surface area contributed by atoms with Gasteiger partial charge in [0.25, 0.3) is 0 Å². The Morgan fingerprint density at radius 3 is 2.57 bits per heavy atom. The van der Waals surface area contributed by atoms with Gasteiger partial charge >= 0.3 is 5.97 Å². The van der Waals surface area contributed by atoms with E-state index in [0.29, 0.717) is 53.1 Å². The fraction of sp³-hybridized carbons (Fsp3) is 0.273. The summed E-state index contributed by atoms with van der Waals surface area (Å²) in [4.78, 5) is 14.6. The number of ether oxygens (including phenoxy) is 3. The van der Waals surface area contributed by atoms with Crippen molar-refractivity contribution in [3.63, 3.8) is 0 Å². The number of carbonyl (C=O) groups excluding carboxylic acids is 1. The number of nitrogens with zero attached hydrogens (tertiary/aromatic N) is 1. The molecule has 0 fully saturated rings. The van der Waals surface area contributed by atoms with Gasteiger partial charge < -0.3 is 19.5 Å². The van der Waals surface area contributed by atoms with Crippen molar-refractivity contribution in [2.24, 2.45) is 0 Å². The summed E-state index contributed by atoms with van der Waals surface area (Å²) in [6, 6.07) is 11.0. The fourth-order valence-electron chi connectivity index (χ4n) is 3.71. The predicted molar refractivity (Wildman–Crippen MR) is 114 cm³/mol. The number of hydrogen-bond donors (Lipinski definition) is 1. The van der Waals surface area contributed by atoms with E-state index >= 15 is 0 Å². The molecule has 0 spiro atoms. The number of thiocarbonyl (C=S) groups is 1. The van der Waals surface area contributed by atoms with Crippen LogP contribution in [0.3, 0.4) is 0 Å². The van der Waals surface area contributed by atoms with Gasteiger partial charge in [-0.15, -0.1) is 0 Å². The third-order valence-corrected chi connectivity index (χ3v) is 5.37. The lowest BCUT2D eigenvalue weighted by molar-refractivity contribution is -0.136. The molecule has 8 heteroatoms. The molecular weight excluding hydrogens is 407 g/mol. The van der Waals surface area contributed by atoms with Crippen LogP contribution in [0.1, 0.15) is 24.9 Å². The molecule has 2 aromatic rings. The SMILES string of the molecule is CCC1=C(C(=O)OC)[C@H](c2ccc(F)cc2)NC(=S)N1c1ccc2c(c1)OCCO2. The minimum atomic E-state index is -0.547. The summed E-state index contributed by atoms with van der Waals surface area (Å²) in [5.41, 5.74) is 2.59. The molecule has 0 unspecified atom stereocenters. The Morgan fingerprint density at radius 1 is 1.20 bits per heavy atom. The largest absolute Gasteiger partial charge is 0.486 e. The summed E-state index contributed by atoms with van der Waals surface area (Å²) in [5.74, 6) is 0.464. The Balaban J connectivity index is 1.83. The number of benzene rings is 2. The molecule has 0 saturated carbocycles.